The zero-order valence-electron chi connectivity index (χ0n) is 24.1. The van der Waals surface area contributed by atoms with E-state index in [1.54, 1.807) is 46.7 Å². The van der Waals surface area contributed by atoms with Gasteiger partial charge in [-0.3, -0.25) is 9.36 Å². The van der Waals surface area contributed by atoms with E-state index in [-0.39, 0.29) is 37.9 Å². The summed E-state index contributed by atoms with van der Waals surface area (Å²) in [4.78, 5) is 39.3. The Morgan fingerprint density at radius 2 is 2.10 bits per heavy atom. The highest BCUT2D eigenvalue weighted by molar-refractivity contribution is 8.77. The zero-order valence-corrected chi connectivity index (χ0v) is 25.7. The van der Waals surface area contributed by atoms with E-state index in [1.165, 1.54) is 38.7 Å². The van der Waals surface area contributed by atoms with E-state index in [0.29, 0.717) is 11.3 Å². The Morgan fingerprint density at radius 1 is 1.38 bits per heavy atom. The van der Waals surface area contributed by atoms with Crippen molar-refractivity contribution in [3.8, 4) is 11.8 Å². The van der Waals surface area contributed by atoms with Gasteiger partial charge >= 0.3 is 17.8 Å². The number of ether oxygens (including phenoxy) is 2. The van der Waals surface area contributed by atoms with Crippen LogP contribution in [0.1, 0.15) is 45.9 Å². The second-order valence-electron chi connectivity index (χ2n) is 10.0. The average Bonchev–Trinajstić information content (AvgIpc) is 3.31. The summed E-state index contributed by atoms with van der Waals surface area (Å²) in [6.45, 7) is 6.42. The Kier molecular flexibility index (Phi) is 13.6. The first-order valence-electron chi connectivity index (χ1n) is 12.6. The van der Waals surface area contributed by atoms with E-state index >= 15 is 0 Å². The molecule has 0 spiro atoms. The molecule has 2 heterocycles. The lowest BCUT2D eigenvalue weighted by Crippen LogP contribution is -2.42. The summed E-state index contributed by atoms with van der Waals surface area (Å²) < 4.78 is 49.1. The minimum atomic E-state index is -4.93. The van der Waals surface area contributed by atoms with Crippen molar-refractivity contribution in [3.63, 3.8) is 0 Å². The van der Waals surface area contributed by atoms with Gasteiger partial charge in [-0.1, -0.05) is 38.6 Å². The molecule has 0 aliphatic carbocycles. The van der Waals surface area contributed by atoms with E-state index in [1.807, 2.05) is 5.32 Å². The molecule has 1 amide bonds. The van der Waals surface area contributed by atoms with Gasteiger partial charge in [0.1, 0.15) is 24.9 Å². The van der Waals surface area contributed by atoms with Crippen molar-refractivity contribution in [1.29, 1.82) is 0 Å². The molecule has 0 saturated carbocycles. The predicted octanol–water partition coefficient (Wildman–Crippen LogP) is 2.69. The van der Waals surface area contributed by atoms with Gasteiger partial charge in [-0.15, -0.1) is 0 Å². The highest BCUT2D eigenvalue weighted by Crippen LogP contribution is 2.35. The van der Waals surface area contributed by atoms with Crippen molar-refractivity contribution in [2.75, 3.05) is 39.8 Å². The number of aliphatic hydroxyl groups excluding tert-OH is 1. The number of amides is 1. The fraction of sp³-hybridized carbons (Fsp3) is 0.640. The summed E-state index contributed by atoms with van der Waals surface area (Å²) in [6, 6.07) is 0. The fourth-order valence-electron chi connectivity index (χ4n) is 3.21. The molecule has 1 saturated heterocycles. The standard InChI is InChI=1S/C25H35F3N6O6S2/c1-16(2)32-40-18-10-20(39-19(18)12-35)34-11-17(21(31-23(34)37)30-14-33(5)6)8-7-9-38-15-41-42-24(3,4)13-29-22(36)25(26,27)28/h11,14,18-20,35H,9-10,12-13,15H2,1-6H3,(H,29,36)/t18-,19-,20-/m1/s1. The number of carbonyl (C=O) groups excluding carboxylic acids is 1. The number of rotatable bonds is 13. The Hall–Kier alpha value is -2.78. The molecule has 42 heavy (non-hydrogen) atoms. The lowest BCUT2D eigenvalue weighted by Gasteiger charge is -2.23. The monoisotopic (exact) mass is 636 g/mol. The van der Waals surface area contributed by atoms with Crippen molar-refractivity contribution in [2.45, 2.75) is 63.5 Å². The molecule has 1 aliphatic heterocycles. The zero-order chi connectivity index (χ0) is 31.5. The van der Waals surface area contributed by atoms with Gasteiger partial charge in [0, 0.05) is 38.0 Å². The molecule has 12 nitrogen and oxygen atoms in total. The van der Waals surface area contributed by atoms with Gasteiger partial charge in [0.25, 0.3) is 0 Å². The normalized spacial score (nSPS) is 18.9. The second kappa shape index (κ2) is 16.2. The number of hydrogen-bond donors (Lipinski definition) is 2. The second-order valence-corrected chi connectivity index (χ2v) is 13.0. The van der Waals surface area contributed by atoms with Crippen molar-refractivity contribution in [2.24, 2.45) is 10.1 Å². The summed E-state index contributed by atoms with van der Waals surface area (Å²) in [5.41, 5.74) is 0.394. The minimum absolute atomic E-state index is 0.00552. The number of carbonyl (C=O) groups is 1. The van der Waals surface area contributed by atoms with E-state index in [2.05, 4.69) is 27.0 Å². The van der Waals surface area contributed by atoms with Crippen LogP contribution in [0.3, 0.4) is 0 Å². The summed E-state index contributed by atoms with van der Waals surface area (Å²) in [7, 11) is 6.03. The predicted molar refractivity (Wildman–Crippen MR) is 156 cm³/mol. The van der Waals surface area contributed by atoms with E-state index in [9.17, 15) is 27.9 Å². The van der Waals surface area contributed by atoms with Crippen molar-refractivity contribution in [3.05, 3.63) is 22.2 Å². The Balaban J connectivity index is 2.06. The first-order chi connectivity index (χ1) is 19.6. The molecular weight excluding hydrogens is 601 g/mol. The summed E-state index contributed by atoms with van der Waals surface area (Å²) in [5.74, 6) is 4.04. The third-order valence-corrected chi connectivity index (χ3v) is 8.10. The van der Waals surface area contributed by atoms with Gasteiger partial charge in [0.05, 0.1) is 24.2 Å². The number of aliphatic imine (C=N–C) groups is 1. The number of nitrogens with zero attached hydrogens (tertiary/aromatic N) is 5. The van der Waals surface area contributed by atoms with Crippen LogP contribution >= 0.6 is 21.6 Å². The van der Waals surface area contributed by atoms with Crippen LogP contribution in [-0.4, -0.2) is 100 Å². The fourth-order valence-corrected chi connectivity index (χ4v) is 5.34. The Bertz CT molecular complexity index is 1240. The molecule has 0 aromatic carbocycles. The first kappa shape index (κ1) is 35.4. The molecular formula is C25H35F3N6O6S2. The van der Waals surface area contributed by atoms with Gasteiger partial charge in [0.15, 0.2) is 11.9 Å². The van der Waals surface area contributed by atoms with Gasteiger partial charge in [0.2, 0.25) is 0 Å². The maximum Gasteiger partial charge on any atom is 0.471 e. The Labute approximate surface area is 249 Å². The smallest absolute Gasteiger partial charge is 0.394 e. The molecule has 1 aliphatic rings. The number of halogens is 3. The number of aliphatic hydroxyl groups is 1. The maximum atomic E-state index is 12.9. The molecule has 1 aromatic heterocycles. The molecule has 0 radical (unpaired) electrons. The van der Waals surface area contributed by atoms with Crippen molar-refractivity contribution >= 4 is 45.4 Å². The number of nitrogens with one attached hydrogen (secondary N) is 1. The van der Waals surface area contributed by atoms with Crippen LogP contribution in [-0.2, 0) is 19.1 Å². The van der Waals surface area contributed by atoms with Crippen LogP contribution in [0.2, 0.25) is 0 Å². The molecule has 1 fully saturated rings. The summed E-state index contributed by atoms with van der Waals surface area (Å²) in [6.07, 6.45) is -3.78. The first-order valence-corrected chi connectivity index (χ1v) is 14.9. The molecule has 234 valence electrons. The number of hydrogen-bond acceptors (Lipinski definition) is 11. The molecule has 0 bridgehead atoms. The minimum Gasteiger partial charge on any atom is -0.394 e. The molecule has 17 heteroatoms. The van der Waals surface area contributed by atoms with Gasteiger partial charge in [-0.25, -0.2) is 9.79 Å². The summed E-state index contributed by atoms with van der Waals surface area (Å²) >= 11 is 0. The topological polar surface area (TPSA) is 140 Å². The van der Waals surface area contributed by atoms with Crippen LogP contribution in [0.25, 0.3) is 0 Å². The van der Waals surface area contributed by atoms with Gasteiger partial charge in [-0.2, -0.15) is 18.2 Å². The number of alkyl halides is 3. The molecule has 3 atom stereocenters. The quantitative estimate of drug-likeness (QED) is 0.0632. The molecule has 2 rings (SSSR count). The van der Waals surface area contributed by atoms with Crippen molar-refractivity contribution < 1.29 is 37.4 Å². The van der Waals surface area contributed by atoms with Crippen molar-refractivity contribution in [1.82, 2.24) is 19.8 Å². The number of oxime groups is 1. The highest BCUT2D eigenvalue weighted by Gasteiger charge is 2.40. The largest absolute Gasteiger partial charge is 0.471 e. The van der Waals surface area contributed by atoms with E-state index < -0.39 is 41.0 Å². The highest BCUT2D eigenvalue weighted by atomic mass is 33.1. The third-order valence-electron chi connectivity index (χ3n) is 5.13. The molecule has 1 aromatic rings. The van der Waals surface area contributed by atoms with Crippen LogP contribution in [0.15, 0.2) is 21.1 Å². The van der Waals surface area contributed by atoms with E-state index in [0.717, 1.165) is 0 Å². The lowest BCUT2D eigenvalue weighted by atomic mass is 10.2. The van der Waals surface area contributed by atoms with Crippen LogP contribution in [0.4, 0.5) is 19.0 Å². The lowest BCUT2D eigenvalue weighted by molar-refractivity contribution is -0.173. The molecule has 0 unspecified atom stereocenters. The van der Waals surface area contributed by atoms with Crippen LogP contribution in [0, 0.1) is 11.8 Å². The molecule has 2 N–H and O–H groups in total. The third kappa shape index (κ3) is 11.8. The average molecular weight is 637 g/mol. The van der Waals surface area contributed by atoms with E-state index in [4.69, 9.17) is 14.3 Å². The summed E-state index contributed by atoms with van der Waals surface area (Å²) in [5, 5.41) is 15.5. The number of aromatic nitrogens is 2. The van der Waals surface area contributed by atoms with Gasteiger partial charge < -0.3 is 29.6 Å². The van der Waals surface area contributed by atoms with Crippen LogP contribution in [0.5, 0.6) is 0 Å². The van der Waals surface area contributed by atoms with Gasteiger partial charge in [-0.05, 0) is 27.7 Å². The SMILES string of the molecule is CC(C)=NO[C@@H]1C[C@H](n2cc(C#CCOCSSC(C)(C)CNC(=O)C(F)(F)F)c(N=CN(C)C)nc2=O)O[C@@H]1CO. The maximum absolute atomic E-state index is 12.9. The Morgan fingerprint density at radius 3 is 2.71 bits per heavy atom. The van der Waals surface area contributed by atoms with Crippen LogP contribution < -0.4 is 11.0 Å².